The summed E-state index contributed by atoms with van der Waals surface area (Å²) < 4.78 is 6.86. The summed E-state index contributed by atoms with van der Waals surface area (Å²) in [5.41, 5.74) is 5.06. The molecule has 7 heteroatoms. The second-order valence-corrected chi connectivity index (χ2v) is 5.71. The number of hydrogen-bond acceptors (Lipinski definition) is 5. The minimum Gasteiger partial charge on any atom is -0.464 e. The highest BCUT2D eigenvalue weighted by Crippen LogP contribution is 2.16. The fourth-order valence-electron chi connectivity index (χ4n) is 1.33. The van der Waals surface area contributed by atoms with Gasteiger partial charge in [-0.05, 0) is 26.2 Å². The summed E-state index contributed by atoms with van der Waals surface area (Å²) >= 11 is 5.62. The molecule has 1 rings (SSSR count). The Balaban J connectivity index is 2.23. The first-order valence-corrected chi connectivity index (χ1v) is 7.10. The van der Waals surface area contributed by atoms with E-state index in [1.807, 2.05) is 26.2 Å². The third-order valence-corrected chi connectivity index (χ3v) is 3.49. The lowest BCUT2D eigenvalue weighted by molar-refractivity contribution is 0.236. The zero-order chi connectivity index (χ0) is 13.5. The van der Waals surface area contributed by atoms with E-state index in [-0.39, 0.29) is 0 Å². The molecule has 0 aliphatic heterocycles. The van der Waals surface area contributed by atoms with E-state index in [0.29, 0.717) is 6.54 Å². The molecule has 0 unspecified atom stereocenters. The highest BCUT2D eigenvalue weighted by Gasteiger charge is 2.05. The fourth-order valence-corrected chi connectivity index (χ4v) is 2.38. The highest BCUT2D eigenvalue weighted by molar-refractivity contribution is 7.98. The first kappa shape index (κ1) is 15.3. The third-order valence-electron chi connectivity index (χ3n) is 2.14. The van der Waals surface area contributed by atoms with Crippen LogP contribution in [0.2, 0.25) is 0 Å². The summed E-state index contributed by atoms with van der Waals surface area (Å²) in [7, 11) is 4.00. The molecule has 18 heavy (non-hydrogen) atoms. The van der Waals surface area contributed by atoms with Crippen LogP contribution in [0, 0.1) is 0 Å². The maximum atomic E-state index is 10.7. The van der Waals surface area contributed by atoms with Gasteiger partial charge in [-0.2, -0.15) is 11.8 Å². The maximum Gasteiger partial charge on any atom is 0.324 e. The van der Waals surface area contributed by atoms with Gasteiger partial charge in [0.05, 0.1) is 12.3 Å². The number of furan rings is 1. The third kappa shape index (κ3) is 5.70. The van der Waals surface area contributed by atoms with Crippen LogP contribution in [-0.4, -0.2) is 41.6 Å². The van der Waals surface area contributed by atoms with Crippen LogP contribution in [0.15, 0.2) is 16.5 Å². The fraction of sp³-hybridized carbons (Fsp3) is 0.545. The van der Waals surface area contributed by atoms with Crippen LogP contribution in [0.3, 0.4) is 0 Å². The summed E-state index contributed by atoms with van der Waals surface area (Å²) in [5.74, 6) is 3.47. The van der Waals surface area contributed by atoms with Crippen LogP contribution >= 0.6 is 24.6 Å². The molecule has 0 bridgehead atoms. The topological polar surface area (TPSA) is 62.7 Å². The number of carbonyl (C=O) groups is 1. The Hall–Kier alpha value is -0.790. The Morgan fingerprint density at radius 3 is 2.72 bits per heavy atom. The minimum absolute atomic E-state index is 0.522. The first-order valence-electron chi connectivity index (χ1n) is 5.55. The average Bonchev–Trinajstić information content (AvgIpc) is 2.70. The number of thiol groups is 1. The van der Waals surface area contributed by atoms with Gasteiger partial charge in [-0.3, -0.25) is 4.31 Å². The van der Waals surface area contributed by atoms with Crippen molar-refractivity contribution in [1.29, 1.82) is 0 Å². The lowest BCUT2D eigenvalue weighted by atomic mass is 10.4. The quantitative estimate of drug-likeness (QED) is 0.593. The summed E-state index contributed by atoms with van der Waals surface area (Å²) in [6, 6.07) is 3.45. The van der Waals surface area contributed by atoms with E-state index in [9.17, 15) is 4.79 Å². The Kier molecular flexibility index (Phi) is 6.45. The molecule has 2 N–H and O–H groups in total. The van der Waals surface area contributed by atoms with E-state index in [0.717, 1.165) is 29.6 Å². The van der Waals surface area contributed by atoms with E-state index in [2.05, 4.69) is 17.7 Å². The molecule has 0 radical (unpaired) electrons. The van der Waals surface area contributed by atoms with E-state index >= 15 is 0 Å². The lowest BCUT2D eigenvalue weighted by Gasteiger charge is -2.11. The maximum absolute atomic E-state index is 10.7. The number of carbonyl (C=O) groups excluding carboxylic acids is 1. The molecule has 0 aliphatic rings. The van der Waals surface area contributed by atoms with Gasteiger partial charge >= 0.3 is 6.03 Å². The number of primary amides is 1. The van der Waals surface area contributed by atoms with Crippen molar-refractivity contribution in [2.75, 3.05) is 26.4 Å². The number of nitrogens with zero attached hydrogens (tertiary/aromatic N) is 2. The number of amides is 2. The molecule has 0 saturated carbocycles. The van der Waals surface area contributed by atoms with Gasteiger partial charge in [0.25, 0.3) is 0 Å². The summed E-state index contributed by atoms with van der Waals surface area (Å²) in [4.78, 5) is 12.8. The van der Waals surface area contributed by atoms with Crippen molar-refractivity contribution in [3.8, 4) is 0 Å². The first-order chi connectivity index (χ1) is 8.49. The second kappa shape index (κ2) is 7.60. The predicted molar refractivity (Wildman–Crippen MR) is 77.5 cm³/mol. The lowest BCUT2D eigenvalue weighted by Crippen LogP contribution is -2.29. The van der Waals surface area contributed by atoms with Gasteiger partial charge < -0.3 is 15.1 Å². The van der Waals surface area contributed by atoms with E-state index in [1.54, 1.807) is 11.8 Å². The summed E-state index contributed by atoms with van der Waals surface area (Å²) in [5, 5.41) is 0. The molecule has 1 aromatic rings. The van der Waals surface area contributed by atoms with Crippen LogP contribution in [-0.2, 0) is 12.3 Å². The van der Waals surface area contributed by atoms with Gasteiger partial charge in [0.15, 0.2) is 0 Å². The van der Waals surface area contributed by atoms with Gasteiger partial charge in [0, 0.05) is 12.3 Å². The number of urea groups is 1. The zero-order valence-electron chi connectivity index (χ0n) is 10.6. The molecule has 5 nitrogen and oxygen atoms in total. The Labute approximate surface area is 117 Å². The summed E-state index contributed by atoms with van der Waals surface area (Å²) in [6.45, 7) is 1.32. The van der Waals surface area contributed by atoms with E-state index in [1.165, 1.54) is 4.31 Å². The number of hydrogen-bond donors (Lipinski definition) is 2. The molecule has 1 aromatic heterocycles. The largest absolute Gasteiger partial charge is 0.464 e. The Morgan fingerprint density at radius 2 is 2.11 bits per heavy atom. The predicted octanol–water partition coefficient (Wildman–Crippen LogP) is 1.80. The smallest absolute Gasteiger partial charge is 0.324 e. The van der Waals surface area contributed by atoms with Crippen molar-refractivity contribution < 1.29 is 9.21 Å². The molecule has 0 saturated heterocycles. The Bertz CT molecular complexity index is 382. The molecule has 0 spiro atoms. The van der Waals surface area contributed by atoms with Crippen molar-refractivity contribution >= 4 is 30.6 Å². The van der Waals surface area contributed by atoms with E-state index in [4.69, 9.17) is 10.2 Å². The van der Waals surface area contributed by atoms with Gasteiger partial charge in [0.1, 0.15) is 11.5 Å². The average molecular weight is 289 g/mol. The van der Waals surface area contributed by atoms with Crippen LogP contribution < -0.4 is 5.73 Å². The highest BCUT2D eigenvalue weighted by atomic mass is 32.2. The van der Waals surface area contributed by atoms with Gasteiger partial charge in [-0.1, -0.05) is 12.8 Å². The molecule has 102 valence electrons. The Morgan fingerprint density at radius 1 is 1.44 bits per heavy atom. The molecule has 0 aliphatic carbocycles. The van der Waals surface area contributed by atoms with Crippen LogP contribution in [0.5, 0.6) is 0 Å². The molecule has 0 fully saturated rings. The van der Waals surface area contributed by atoms with Crippen molar-refractivity contribution in [3.05, 3.63) is 23.7 Å². The normalized spacial score (nSPS) is 10.9. The molecular formula is C11H19N3O2S2. The van der Waals surface area contributed by atoms with Crippen LogP contribution in [0.4, 0.5) is 4.79 Å². The molecule has 0 atom stereocenters. The van der Waals surface area contributed by atoms with E-state index < -0.39 is 6.03 Å². The minimum atomic E-state index is -0.523. The van der Waals surface area contributed by atoms with Crippen LogP contribution in [0.25, 0.3) is 0 Å². The standard InChI is InChI=1S/C11H19N3O2S2/c1-13(2)7-9-3-4-10(16-9)8-18-6-5-14(17)11(12)15/h3-4,17H,5-8H2,1-2H3,(H2,12,15). The molecule has 0 aromatic carbocycles. The molecule has 1 heterocycles. The number of nitrogens with two attached hydrogens (primary N) is 1. The number of rotatable bonds is 7. The molecule has 2 amide bonds. The zero-order valence-corrected chi connectivity index (χ0v) is 12.3. The van der Waals surface area contributed by atoms with Crippen LogP contribution in [0.1, 0.15) is 11.5 Å². The number of thioether (sulfide) groups is 1. The van der Waals surface area contributed by atoms with Gasteiger partial charge in [0.2, 0.25) is 0 Å². The monoisotopic (exact) mass is 289 g/mol. The van der Waals surface area contributed by atoms with Crippen molar-refractivity contribution in [3.63, 3.8) is 0 Å². The van der Waals surface area contributed by atoms with Gasteiger partial charge in [-0.15, -0.1) is 0 Å². The molecular weight excluding hydrogens is 270 g/mol. The van der Waals surface area contributed by atoms with Crippen molar-refractivity contribution in [2.24, 2.45) is 5.73 Å². The second-order valence-electron chi connectivity index (χ2n) is 4.12. The van der Waals surface area contributed by atoms with Gasteiger partial charge in [-0.25, -0.2) is 4.79 Å². The van der Waals surface area contributed by atoms with Crippen molar-refractivity contribution in [2.45, 2.75) is 12.3 Å². The SMILES string of the molecule is CN(C)Cc1ccc(CSCCN(S)C(N)=O)o1. The van der Waals surface area contributed by atoms with Crippen molar-refractivity contribution in [1.82, 2.24) is 9.21 Å². The summed E-state index contributed by atoms with van der Waals surface area (Å²) in [6.07, 6.45) is 0.